The molecule has 0 bridgehead atoms. The molecule has 4 aromatic heterocycles. The van der Waals surface area contributed by atoms with E-state index in [1.54, 1.807) is 27.3 Å². The van der Waals surface area contributed by atoms with Crippen molar-refractivity contribution in [1.82, 2.24) is 18.9 Å². The van der Waals surface area contributed by atoms with E-state index < -0.39 is 0 Å². The number of aryl methyl sites for hydroxylation is 1. The second-order valence-electron chi connectivity index (χ2n) is 7.55. The summed E-state index contributed by atoms with van der Waals surface area (Å²) in [6.07, 6.45) is 5.79. The summed E-state index contributed by atoms with van der Waals surface area (Å²) in [6.45, 7) is 6.14. The molecule has 0 saturated heterocycles. The summed E-state index contributed by atoms with van der Waals surface area (Å²) in [7, 11) is 0. The maximum absolute atomic E-state index is 13.2. The highest BCUT2D eigenvalue weighted by atomic mass is 32.2. The zero-order chi connectivity index (χ0) is 20.8. The van der Waals surface area contributed by atoms with Gasteiger partial charge in [-0.2, -0.15) is 0 Å². The summed E-state index contributed by atoms with van der Waals surface area (Å²) in [5, 5.41) is 3.46. The van der Waals surface area contributed by atoms with Crippen LogP contribution in [0.3, 0.4) is 0 Å². The van der Waals surface area contributed by atoms with Crippen LogP contribution in [0.15, 0.2) is 57.2 Å². The molecule has 1 fully saturated rings. The van der Waals surface area contributed by atoms with Gasteiger partial charge in [0.1, 0.15) is 10.5 Å². The van der Waals surface area contributed by atoms with E-state index in [-0.39, 0.29) is 11.1 Å². The van der Waals surface area contributed by atoms with Crippen molar-refractivity contribution in [2.45, 2.75) is 43.1 Å². The van der Waals surface area contributed by atoms with Crippen molar-refractivity contribution in [2.24, 2.45) is 0 Å². The van der Waals surface area contributed by atoms with Crippen molar-refractivity contribution in [3.63, 3.8) is 0 Å². The van der Waals surface area contributed by atoms with Crippen molar-refractivity contribution in [1.29, 1.82) is 0 Å². The van der Waals surface area contributed by atoms with Gasteiger partial charge in [0.05, 0.1) is 11.1 Å². The highest BCUT2D eigenvalue weighted by Crippen LogP contribution is 2.44. The Bertz CT molecular complexity index is 1410. The predicted molar refractivity (Wildman–Crippen MR) is 122 cm³/mol. The zero-order valence-electron chi connectivity index (χ0n) is 16.5. The molecule has 6 nitrogen and oxygen atoms in total. The minimum atomic E-state index is -0.112. The molecule has 152 valence electrons. The SMILES string of the molecule is C=CCn1c(SCc2cc(=O)n3cc(C)ccc3n2)nc2scc(C3CC3)c2c1=O. The summed E-state index contributed by atoms with van der Waals surface area (Å²) < 4.78 is 3.22. The predicted octanol–water partition coefficient (Wildman–Crippen LogP) is 4.13. The summed E-state index contributed by atoms with van der Waals surface area (Å²) in [4.78, 5) is 35.9. The number of nitrogens with zero attached hydrogens (tertiary/aromatic N) is 4. The average molecular weight is 437 g/mol. The fourth-order valence-corrected chi connectivity index (χ4v) is 5.56. The summed E-state index contributed by atoms with van der Waals surface area (Å²) in [5.74, 6) is 0.956. The molecule has 0 aliphatic heterocycles. The van der Waals surface area contributed by atoms with Crippen LogP contribution in [0.2, 0.25) is 0 Å². The Balaban J connectivity index is 1.52. The van der Waals surface area contributed by atoms with Crippen LogP contribution in [-0.4, -0.2) is 18.9 Å². The topological polar surface area (TPSA) is 69.3 Å². The Morgan fingerprint density at radius 2 is 2.13 bits per heavy atom. The van der Waals surface area contributed by atoms with E-state index >= 15 is 0 Å². The molecule has 0 aromatic carbocycles. The van der Waals surface area contributed by atoms with Gasteiger partial charge in [-0.3, -0.25) is 18.6 Å². The molecule has 0 N–H and O–H groups in total. The number of hydrogen-bond donors (Lipinski definition) is 0. The normalized spacial score (nSPS) is 13.9. The van der Waals surface area contributed by atoms with Crippen molar-refractivity contribution in [2.75, 3.05) is 0 Å². The maximum Gasteiger partial charge on any atom is 0.263 e. The Morgan fingerprint density at radius 1 is 1.30 bits per heavy atom. The molecule has 8 heteroatoms. The van der Waals surface area contributed by atoms with Gasteiger partial charge >= 0.3 is 0 Å². The fraction of sp³-hybridized carbons (Fsp3) is 0.273. The lowest BCUT2D eigenvalue weighted by molar-refractivity contribution is 0.672. The zero-order valence-corrected chi connectivity index (χ0v) is 18.1. The van der Waals surface area contributed by atoms with E-state index in [0.29, 0.717) is 34.7 Å². The average Bonchev–Trinajstić information content (AvgIpc) is 3.48. The minimum Gasteiger partial charge on any atom is -0.283 e. The van der Waals surface area contributed by atoms with Gasteiger partial charge in [0, 0.05) is 24.6 Å². The monoisotopic (exact) mass is 436 g/mol. The molecule has 0 spiro atoms. The van der Waals surface area contributed by atoms with Gasteiger partial charge in [-0.25, -0.2) is 9.97 Å². The van der Waals surface area contributed by atoms with E-state index in [1.165, 1.54) is 23.1 Å². The Hall–Kier alpha value is -2.71. The molecule has 30 heavy (non-hydrogen) atoms. The van der Waals surface area contributed by atoms with Crippen LogP contribution in [0, 0.1) is 6.92 Å². The third kappa shape index (κ3) is 3.40. The van der Waals surface area contributed by atoms with Gasteiger partial charge in [0.15, 0.2) is 5.16 Å². The van der Waals surface area contributed by atoms with Crippen LogP contribution >= 0.6 is 23.1 Å². The number of fused-ring (bicyclic) bond motifs is 2. The van der Waals surface area contributed by atoms with Crippen LogP contribution in [0.5, 0.6) is 0 Å². The van der Waals surface area contributed by atoms with Crippen molar-refractivity contribution >= 4 is 39.0 Å². The number of allylic oxidation sites excluding steroid dienone is 1. The smallest absolute Gasteiger partial charge is 0.263 e. The van der Waals surface area contributed by atoms with Crippen LogP contribution < -0.4 is 11.1 Å². The van der Waals surface area contributed by atoms with Gasteiger partial charge in [0.2, 0.25) is 0 Å². The van der Waals surface area contributed by atoms with Gasteiger partial charge in [-0.15, -0.1) is 17.9 Å². The van der Waals surface area contributed by atoms with Crippen molar-refractivity contribution in [3.05, 3.63) is 80.0 Å². The molecular weight excluding hydrogens is 416 g/mol. The summed E-state index contributed by atoms with van der Waals surface area (Å²) >= 11 is 2.96. The quantitative estimate of drug-likeness (QED) is 0.258. The molecule has 0 atom stereocenters. The third-order valence-corrected chi connectivity index (χ3v) is 7.13. The summed E-state index contributed by atoms with van der Waals surface area (Å²) in [6, 6.07) is 5.32. The Labute approximate surface area is 180 Å². The van der Waals surface area contributed by atoms with Crippen LogP contribution in [0.25, 0.3) is 15.9 Å². The molecule has 4 heterocycles. The molecule has 0 amide bonds. The van der Waals surface area contributed by atoms with E-state index in [2.05, 4.69) is 16.9 Å². The minimum absolute atomic E-state index is 0.00688. The van der Waals surface area contributed by atoms with Crippen LogP contribution in [-0.2, 0) is 12.3 Å². The van der Waals surface area contributed by atoms with Gasteiger partial charge in [-0.1, -0.05) is 23.9 Å². The number of aromatic nitrogens is 4. The van der Waals surface area contributed by atoms with Crippen LogP contribution in [0.1, 0.15) is 35.6 Å². The second kappa shape index (κ2) is 7.52. The van der Waals surface area contributed by atoms with E-state index in [1.807, 2.05) is 19.1 Å². The highest BCUT2D eigenvalue weighted by molar-refractivity contribution is 7.98. The molecule has 1 saturated carbocycles. The number of rotatable bonds is 6. The lowest BCUT2D eigenvalue weighted by Gasteiger charge is -2.11. The van der Waals surface area contributed by atoms with Crippen molar-refractivity contribution in [3.8, 4) is 0 Å². The van der Waals surface area contributed by atoms with Gasteiger partial charge < -0.3 is 0 Å². The first kappa shape index (κ1) is 19.3. The third-order valence-electron chi connectivity index (χ3n) is 5.23. The first-order valence-electron chi connectivity index (χ1n) is 9.79. The first-order chi connectivity index (χ1) is 14.5. The van der Waals surface area contributed by atoms with Gasteiger partial charge in [-0.05, 0) is 48.3 Å². The van der Waals surface area contributed by atoms with Crippen LogP contribution in [0.4, 0.5) is 0 Å². The van der Waals surface area contributed by atoms with E-state index in [4.69, 9.17) is 4.98 Å². The number of thioether (sulfide) groups is 1. The number of thiophene rings is 1. The fourth-order valence-electron chi connectivity index (χ4n) is 3.59. The molecule has 1 aliphatic carbocycles. The second-order valence-corrected chi connectivity index (χ2v) is 9.35. The lowest BCUT2D eigenvalue weighted by atomic mass is 10.1. The molecule has 1 aliphatic rings. The highest BCUT2D eigenvalue weighted by Gasteiger charge is 2.28. The number of pyridine rings is 1. The molecule has 4 aromatic rings. The Morgan fingerprint density at radius 3 is 2.90 bits per heavy atom. The van der Waals surface area contributed by atoms with Gasteiger partial charge in [0.25, 0.3) is 11.1 Å². The molecule has 0 unspecified atom stereocenters. The Kier molecular flexibility index (Phi) is 4.83. The lowest BCUT2D eigenvalue weighted by Crippen LogP contribution is -2.23. The summed E-state index contributed by atoms with van der Waals surface area (Å²) in [5.41, 5.74) is 3.30. The number of hydrogen-bond acceptors (Lipinski definition) is 6. The molecule has 5 rings (SSSR count). The molecular formula is C22H20N4O2S2. The van der Waals surface area contributed by atoms with E-state index in [0.717, 1.165) is 34.2 Å². The van der Waals surface area contributed by atoms with Crippen molar-refractivity contribution < 1.29 is 0 Å². The molecule has 0 radical (unpaired) electrons. The van der Waals surface area contributed by atoms with E-state index in [9.17, 15) is 9.59 Å². The maximum atomic E-state index is 13.2. The first-order valence-corrected chi connectivity index (χ1v) is 11.7. The largest absolute Gasteiger partial charge is 0.283 e. The standard InChI is InChI=1S/C22H20N4O2S2/c1-3-8-25-21(28)19-16(14-5-6-14)12-29-20(19)24-22(25)30-11-15-9-18(27)26-10-13(2)4-7-17(26)23-15/h3-4,7,9-10,12,14H,1,5-6,8,11H2,2H3.